The third-order valence-electron chi connectivity index (χ3n) is 3.44. The van der Waals surface area contributed by atoms with Gasteiger partial charge in [0.05, 0.1) is 10.5 Å². The summed E-state index contributed by atoms with van der Waals surface area (Å²) >= 11 is 0. The van der Waals surface area contributed by atoms with E-state index in [0.717, 1.165) is 0 Å². The number of benzene rings is 1. The normalized spacial score (nSPS) is 13.6. The van der Waals surface area contributed by atoms with E-state index in [1.54, 1.807) is 6.92 Å². The van der Waals surface area contributed by atoms with Gasteiger partial charge in [0.25, 0.3) is 5.91 Å². The van der Waals surface area contributed by atoms with Crippen molar-refractivity contribution in [1.82, 2.24) is 10.0 Å². The van der Waals surface area contributed by atoms with Gasteiger partial charge in [-0.05, 0) is 44.5 Å². The molecule has 7 nitrogen and oxygen atoms in total. The van der Waals surface area contributed by atoms with E-state index < -0.39 is 28.0 Å². The van der Waals surface area contributed by atoms with E-state index in [1.165, 1.54) is 37.3 Å². The Bertz CT molecular complexity index is 713. The molecular formula is C17H24N2O5S. The van der Waals surface area contributed by atoms with Crippen molar-refractivity contribution in [3.63, 3.8) is 0 Å². The maximum absolute atomic E-state index is 12.2. The number of carbonyl (C=O) groups excluding carboxylic acids is 2. The van der Waals surface area contributed by atoms with E-state index in [9.17, 15) is 18.0 Å². The fourth-order valence-corrected chi connectivity index (χ4v) is 3.11. The SMILES string of the molecule is C=CCNC(=O)[C@H](C)OC(=O)c1ccc(S(=O)(=O)N[C@@H](C)CC)cc1. The fraction of sp³-hybridized carbons (Fsp3) is 0.412. The van der Waals surface area contributed by atoms with Crippen molar-refractivity contribution in [2.24, 2.45) is 0 Å². The summed E-state index contributed by atoms with van der Waals surface area (Å²) in [4.78, 5) is 23.7. The highest BCUT2D eigenvalue weighted by atomic mass is 32.2. The molecule has 0 radical (unpaired) electrons. The molecule has 0 aliphatic heterocycles. The Hall–Kier alpha value is -2.19. The molecule has 138 valence electrons. The van der Waals surface area contributed by atoms with Gasteiger partial charge in [-0.15, -0.1) is 6.58 Å². The molecule has 1 aromatic carbocycles. The quantitative estimate of drug-likeness (QED) is 0.509. The third kappa shape index (κ3) is 6.32. The zero-order valence-corrected chi connectivity index (χ0v) is 15.4. The largest absolute Gasteiger partial charge is 0.449 e. The lowest BCUT2D eigenvalue weighted by atomic mass is 10.2. The molecule has 0 heterocycles. The van der Waals surface area contributed by atoms with Gasteiger partial charge in [0, 0.05) is 12.6 Å². The van der Waals surface area contributed by atoms with Crippen molar-refractivity contribution in [2.45, 2.75) is 44.2 Å². The molecule has 1 rings (SSSR count). The Morgan fingerprint density at radius 1 is 1.24 bits per heavy atom. The lowest BCUT2D eigenvalue weighted by Gasteiger charge is -2.14. The van der Waals surface area contributed by atoms with Crippen molar-refractivity contribution in [3.05, 3.63) is 42.5 Å². The van der Waals surface area contributed by atoms with Crippen LogP contribution in [0.1, 0.15) is 37.6 Å². The first-order valence-electron chi connectivity index (χ1n) is 7.93. The second-order valence-corrected chi connectivity index (χ2v) is 7.25. The molecule has 0 unspecified atom stereocenters. The average molecular weight is 368 g/mol. The molecular weight excluding hydrogens is 344 g/mol. The first-order valence-corrected chi connectivity index (χ1v) is 9.41. The van der Waals surface area contributed by atoms with Gasteiger partial charge in [0.2, 0.25) is 10.0 Å². The number of carbonyl (C=O) groups is 2. The average Bonchev–Trinajstić information content (AvgIpc) is 2.59. The Morgan fingerprint density at radius 3 is 2.36 bits per heavy atom. The standard InChI is InChI=1S/C17H24N2O5S/c1-5-11-18-16(20)13(4)24-17(21)14-7-9-15(10-8-14)25(22,23)19-12(3)6-2/h5,7-10,12-13,19H,1,6,11H2,2-4H3,(H,18,20)/t12-,13-/m0/s1. The van der Waals surface area contributed by atoms with E-state index in [2.05, 4.69) is 16.6 Å². The van der Waals surface area contributed by atoms with E-state index in [1.807, 2.05) is 6.92 Å². The van der Waals surface area contributed by atoms with Crippen molar-refractivity contribution < 1.29 is 22.7 Å². The lowest BCUT2D eigenvalue weighted by molar-refractivity contribution is -0.128. The Morgan fingerprint density at radius 2 is 1.84 bits per heavy atom. The molecule has 0 aromatic heterocycles. The van der Waals surface area contributed by atoms with Gasteiger partial charge in [0.1, 0.15) is 0 Å². The van der Waals surface area contributed by atoms with Crippen LogP contribution in [-0.4, -0.2) is 39.0 Å². The summed E-state index contributed by atoms with van der Waals surface area (Å²) in [6, 6.07) is 5.15. The fourth-order valence-electron chi connectivity index (χ4n) is 1.79. The van der Waals surface area contributed by atoms with Gasteiger partial charge >= 0.3 is 5.97 Å². The number of ether oxygens (including phenoxy) is 1. The highest BCUT2D eigenvalue weighted by molar-refractivity contribution is 7.89. The summed E-state index contributed by atoms with van der Waals surface area (Å²) in [5.41, 5.74) is 0.158. The van der Waals surface area contributed by atoms with Gasteiger partial charge < -0.3 is 10.1 Å². The first kappa shape index (κ1) is 20.9. The van der Waals surface area contributed by atoms with Crippen molar-refractivity contribution in [2.75, 3.05) is 6.54 Å². The number of hydrogen-bond acceptors (Lipinski definition) is 5. The molecule has 0 aliphatic carbocycles. The zero-order valence-electron chi connectivity index (χ0n) is 14.6. The van der Waals surface area contributed by atoms with Gasteiger partial charge in [0.15, 0.2) is 6.10 Å². The van der Waals surface area contributed by atoms with Crippen LogP contribution in [0.3, 0.4) is 0 Å². The van der Waals surface area contributed by atoms with Crippen molar-refractivity contribution >= 4 is 21.9 Å². The predicted molar refractivity (Wildman–Crippen MR) is 94.6 cm³/mol. The summed E-state index contributed by atoms with van der Waals surface area (Å²) in [7, 11) is -3.64. The van der Waals surface area contributed by atoms with Crippen LogP contribution in [0.4, 0.5) is 0 Å². The van der Waals surface area contributed by atoms with Crippen LogP contribution >= 0.6 is 0 Å². The van der Waals surface area contributed by atoms with E-state index in [-0.39, 0.29) is 23.0 Å². The number of rotatable bonds is 9. The molecule has 25 heavy (non-hydrogen) atoms. The van der Waals surface area contributed by atoms with E-state index in [4.69, 9.17) is 4.74 Å². The molecule has 1 aromatic rings. The van der Waals surface area contributed by atoms with Gasteiger partial charge in [-0.3, -0.25) is 4.79 Å². The highest BCUT2D eigenvalue weighted by Crippen LogP contribution is 2.13. The lowest BCUT2D eigenvalue weighted by Crippen LogP contribution is -2.35. The molecule has 0 aliphatic rings. The number of sulfonamides is 1. The molecule has 1 amide bonds. The van der Waals surface area contributed by atoms with Crippen LogP contribution < -0.4 is 10.0 Å². The topological polar surface area (TPSA) is 102 Å². The summed E-state index contributed by atoms with van der Waals surface area (Å²) in [5, 5.41) is 2.52. The van der Waals surface area contributed by atoms with Crippen LogP contribution in [0.5, 0.6) is 0 Å². The van der Waals surface area contributed by atoms with Crippen molar-refractivity contribution in [3.8, 4) is 0 Å². The second-order valence-electron chi connectivity index (χ2n) is 5.54. The maximum Gasteiger partial charge on any atom is 0.338 e. The summed E-state index contributed by atoms with van der Waals surface area (Å²) < 4.78 is 31.9. The Balaban J connectivity index is 2.77. The molecule has 0 fully saturated rings. The minimum Gasteiger partial charge on any atom is -0.449 e. The molecule has 8 heteroatoms. The van der Waals surface area contributed by atoms with Gasteiger partial charge in [-0.1, -0.05) is 13.0 Å². The van der Waals surface area contributed by atoms with Crippen LogP contribution in [0.2, 0.25) is 0 Å². The monoisotopic (exact) mass is 368 g/mol. The number of amides is 1. The predicted octanol–water partition coefficient (Wildman–Crippen LogP) is 1.61. The van der Waals surface area contributed by atoms with E-state index >= 15 is 0 Å². The van der Waals surface area contributed by atoms with Crippen LogP contribution in [0.25, 0.3) is 0 Å². The minimum absolute atomic E-state index is 0.0566. The maximum atomic E-state index is 12.2. The van der Waals surface area contributed by atoms with E-state index in [0.29, 0.717) is 6.42 Å². The first-order chi connectivity index (χ1) is 11.7. The molecule has 0 saturated carbocycles. The number of hydrogen-bond donors (Lipinski definition) is 2. The second kappa shape index (κ2) is 9.33. The van der Waals surface area contributed by atoms with Crippen LogP contribution in [-0.2, 0) is 19.6 Å². The summed E-state index contributed by atoms with van der Waals surface area (Å²) in [5.74, 6) is -1.15. The molecule has 0 saturated heterocycles. The van der Waals surface area contributed by atoms with Crippen LogP contribution in [0, 0.1) is 0 Å². The zero-order chi connectivity index (χ0) is 19.0. The Labute approximate surface area is 148 Å². The molecule has 0 bridgehead atoms. The highest BCUT2D eigenvalue weighted by Gasteiger charge is 2.20. The molecule has 0 spiro atoms. The van der Waals surface area contributed by atoms with Gasteiger partial charge in [-0.25, -0.2) is 17.9 Å². The Kier molecular flexibility index (Phi) is 7.79. The summed E-state index contributed by atoms with van der Waals surface area (Å²) in [6.45, 7) is 8.84. The number of nitrogens with one attached hydrogen (secondary N) is 2. The number of esters is 1. The third-order valence-corrected chi connectivity index (χ3v) is 5.05. The van der Waals surface area contributed by atoms with Crippen LogP contribution in [0.15, 0.2) is 41.8 Å². The van der Waals surface area contributed by atoms with Gasteiger partial charge in [-0.2, -0.15) is 0 Å². The molecule has 2 N–H and O–H groups in total. The summed E-state index contributed by atoms with van der Waals surface area (Å²) in [6.07, 6.45) is 1.21. The smallest absolute Gasteiger partial charge is 0.338 e. The molecule has 2 atom stereocenters. The van der Waals surface area contributed by atoms with Crippen molar-refractivity contribution in [1.29, 1.82) is 0 Å². The minimum atomic E-state index is -3.64.